The quantitative estimate of drug-likeness (QED) is 0.762. The largest absolute Gasteiger partial charge is 0.466 e. The number of hydrogen-bond donors (Lipinski definition) is 2. The van der Waals surface area contributed by atoms with Gasteiger partial charge in [0.15, 0.2) is 0 Å². The minimum Gasteiger partial charge on any atom is -0.466 e. The molecule has 20 heavy (non-hydrogen) atoms. The average Bonchev–Trinajstić information content (AvgIpc) is 2.38. The van der Waals surface area contributed by atoms with Crippen LogP contribution in [0.5, 0.6) is 0 Å². The monoisotopic (exact) mass is 298 g/mol. The zero-order valence-electron chi connectivity index (χ0n) is 10.9. The lowest BCUT2D eigenvalue weighted by Gasteiger charge is -2.14. The Morgan fingerprint density at radius 3 is 2.40 bits per heavy atom. The van der Waals surface area contributed by atoms with Gasteiger partial charge in [0.1, 0.15) is 6.04 Å². The van der Waals surface area contributed by atoms with Crippen LogP contribution in [0.15, 0.2) is 24.3 Å². The second-order valence-electron chi connectivity index (χ2n) is 3.94. The van der Waals surface area contributed by atoms with Gasteiger partial charge in [-0.05, 0) is 31.2 Å². The summed E-state index contributed by atoms with van der Waals surface area (Å²) in [5.74, 6) is -1.93. The third-order valence-electron chi connectivity index (χ3n) is 2.43. The molecule has 0 saturated heterocycles. The van der Waals surface area contributed by atoms with E-state index in [0.29, 0.717) is 10.6 Å². The summed E-state index contributed by atoms with van der Waals surface area (Å²) in [6.45, 7) is 1.83. The lowest BCUT2D eigenvalue weighted by Crippen LogP contribution is -2.45. The smallest absolute Gasteiger partial charge is 0.308 e. The maximum absolute atomic E-state index is 11.9. The van der Waals surface area contributed by atoms with Crippen molar-refractivity contribution < 1.29 is 19.1 Å². The van der Waals surface area contributed by atoms with Gasteiger partial charge in [-0.3, -0.25) is 14.4 Å². The molecule has 0 spiro atoms. The zero-order chi connectivity index (χ0) is 15.1. The molecular formula is C13H15ClN2O4. The molecule has 0 aromatic heterocycles. The molecule has 2 amide bonds. The van der Waals surface area contributed by atoms with Gasteiger partial charge in [-0.25, -0.2) is 0 Å². The number of carbonyl (C=O) groups excluding carboxylic acids is 3. The van der Waals surface area contributed by atoms with Gasteiger partial charge in [-0.15, -0.1) is 0 Å². The summed E-state index contributed by atoms with van der Waals surface area (Å²) in [5, 5.41) is 2.87. The van der Waals surface area contributed by atoms with E-state index in [1.165, 1.54) is 12.1 Å². The van der Waals surface area contributed by atoms with Crippen molar-refractivity contribution in [2.45, 2.75) is 19.4 Å². The minimum atomic E-state index is -1.11. The van der Waals surface area contributed by atoms with E-state index < -0.39 is 23.8 Å². The fourth-order valence-corrected chi connectivity index (χ4v) is 1.58. The lowest BCUT2D eigenvalue weighted by molar-refractivity contribution is -0.145. The Bertz CT molecular complexity index is 502. The number of amides is 2. The van der Waals surface area contributed by atoms with Crippen LogP contribution in [0.2, 0.25) is 5.02 Å². The van der Waals surface area contributed by atoms with Gasteiger partial charge in [0.05, 0.1) is 13.0 Å². The van der Waals surface area contributed by atoms with E-state index in [4.69, 9.17) is 22.1 Å². The van der Waals surface area contributed by atoms with E-state index in [1.54, 1.807) is 19.1 Å². The van der Waals surface area contributed by atoms with Crippen LogP contribution in [-0.4, -0.2) is 30.4 Å². The molecule has 108 valence electrons. The first-order valence-electron chi connectivity index (χ1n) is 5.95. The highest BCUT2D eigenvalue weighted by Gasteiger charge is 2.22. The highest BCUT2D eigenvalue weighted by molar-refractivity contribution is 6.30. The minimum absolute atomic E-state index is 0.190. The SMILES string of the molecule is CCOC(=O)C[C@H](NC(=O)c1ccc(Cl)cc1)C(N)=O. The van der Waals surface area contributed by atoms with E-state index >= 15 is 0 Å². The van der Waals surface area contributed by atoms with Gasteiger partial charge >= 0.3 is 5.97 Å². The molecule has 0 saturated carbocycles. The Balaban J connectivity index is 2.70. The second kappa shape index (κ2) is 7.49. The van der Waals surface area contributed by atoms with Gasteiger partial charge in [0, 0.05) is 10.6 Å². The number of primary amides is 1. The summed E-state index contributed by atoms with van der Waals surface area (Å²) >= 11 is 5.71. The van der Waals surface area contributed by atoms with E-state index in [9.17, 15) is 14.4 Å². The topological polar surface area (TPSA) is 98.5 Å². The standard InChI is InChI=1S/C13H15ClN2O4/c1-2-20-11(17)7-10(12(15)18)16-13(19)8-3-5-9(14)6-4-8/h3-6,10H,2,7H2,1H3,(H2,15,18)(H,16,19)/t10-/m0/s1. The normalized spacial score (nSPS) is 11.5. The van der Waals surface area contributed by atoms with Crippen molar-refractivity contribution in [2.24, 2.45) is 5.73 Å². The van der Waals surface area contributed by atoms with Crippen LogP contribution in [-0.2, 0) is 14.3 Å². The Morgan fingerprint density at radius 2 is 1.90 bits per heavy atom. The number of benzene rings is 1. The Labute approximate surface area is 121 Å². The first kappa shape index (κ1) is 16.0. The van der Waals surface area contributed by atoms with Gasteiger partial charge in [-0.1, -0.05) is 11.6 Å². The third kappa shape index (κ3) is 4.89. The molecule has 0 unspecified atom stereocenters. The summed E-state index contributed by atoms with van der Waals surface area (Å²) in [6.07, 6.45) is -0.303. The number of rotatable bonds is 6. The van der Waals surface area contributed by atoms with E-state index in [1.807, 2.05) is 0 Å². The Morgan fingerprint density at radius 1 is 1.30 bits per heavy atom. The van der Waals surface area contributed by atoms with Crippen LogP contribution in [0, 0.1) is 0 Å². The molecule has 1 aromatic carbocycles. The summed E-state index contributed by atoms with van der Waals surface area (Å²) in [4.78, 5) is 34.5. The van der Waals surface area contributed by atoms with Crippen molar-refractivity contribution >= 4 is 29.4 Å². The van der Waals surface area contributed by atoms with Crippen LogP contribution in [0.1, 0.15) is 23.7 Å². The number of hydrogen-bond acceptors (Lipinski definition) is 4. The Kier molecular flexibility index (Phi) is 5.99. The number of nitrogens with two attached hydrogens (primary N) is 1. The molecule has 1 atom stereocenters. The van der Waals surface area contributed by atoms with Gasteiger partial charge in [0.2, 0.25) is 5.91 Å². The summed E-state index contributed by atoms with van der Waals surface area (Å²) < 4.78 is 4.71. The summed E-state index contributed by atoms with van der Waals surface area (Å²) in [7, 11) is 0. The number of nitrogens with one attached hydrogen (secondary N) is 1. The number of esters is 1. The fraction of sp³-hybridized carbons (Fsp3) is 0.308. The van der Waals surface area contributed by atoms with Crippen molar-refractivity contribution in [3.05, 3.63) is 34.9 Å². The van der Waals surface area contributed by atoms with Crippen LogP contribution in [0.25, 0.3) is 0 Å². The maximum atomic E-state index is 11.9. The average molecular weight is 299 g/mol. The zero-order valence-corrected chi connectivity index (χ0v) is 11.6. The van der Waals surface area contributed by atoms with Gasteiger partial charge in [-0.2, -0.15) is 0 Å². The molecule has 0 heterocycles. The molecule has 3 N–H and O–H groups in total. The molecule has 1 rings (SSSR count). The molecule has 0 fully saturated rings. The van der Waals surface area contributed by atoms with Gasteiger partial charge < -0.3 is 15.8 Å². The first-order valence-corrected chi connectivity index (χ1v) is 6.33. The molecule has 0 aliphatic heterocycles. The molecule has 7 heteroatoms. The van der Waals surface area contributed by atoms with Gasteiger partial charge in [0.25, 0.3) is 5.91 Å². The second-order valence-corrected chi connectivity index (χ2v) is 4.38. The summed E-state index contributed by atoms with van der Waals surface area (Å²) in [5.41, 5.74) is 5.46. The van der Waals surface area contributed by atoms with Crippen LogP contribution in [0.3, 0.4) is 0 Å². The predicted octanol–water partition coefficient (Wildman–Crippen LogP) is 0.877. The van der Waals surface area contributed by atoms with Crippen LogP contribution < -0.4 is 11.1 Å². The lowest BCUT2D eigenvalue weighted by atomic mass is 10.1. The molecule has 0 bridgehead atoms. The molecule has 0 radical (unpaired) electrons. The van der Waals surface area contributed by atoms with Crippen molar-refractivity contribution in [2.75, 3.05) is 6.61 Å². The van der Waals surface area contributed by atoms with E-state index in [0.717, 1.165) is 0 Å². The molecule has 0 aliphatic carbocycles. The van der Waals surface area contributed by atoms with Crippen molar-refractivity contribution in [1.82, 2.24) is 5.32 Å². The third-order valence-corrected chi connectivity index (χ3v) is 2.68. The van der Waals surface area contributed by atoms with Crippen LogP contribution >= 0.6 is 11.6 Å². The van der Waals surface area contributed by atoms with E-state index in [2.05, 4.69) is 5.32 Å². The van der Waals surface area contributed by atoms with Crippen LogP contribution in [0.4, 0.5) is 0 Å². The number of halogens is 1. The fourth-order valence-electron chi connectivity index (χ4n) is 1.45. The maximum Gasteiger partial charge on any atom is 0.308 e. The molecule has 6 nitrogen and oxygen atoms in total. The predicted molar refractivity (Wildman–Crippen MR) is 73.2 cm³/mol. The Hall–Kier alpha value is -2.08. The van der Waals surface area contributed by atoms with Crippen molar-refractivity contribution in [1.29, 1.82) is 0 Å². The molecule has 1 aromatic rings. The van der Waals surface area contributed by atoms with Crippen molar-refractivity contribution in [3.8, 4) is 0 Å². The first-order chi connectivity index (χ1) is 9.43. The number of ether oxygens (including phenoxy) is 1. The highest BCUT2D eigenvalue weighted by atomic mass is 35.5. The van der Waals surface area contributed by atoms with E-state index in [-0.39, 0.29) is 13.0 Å². The summed E-state index contributed by atoms with van der Waals surface area (Å²) in [6, 6.07) is 4.97. The highest BCUT2D eigenvalue weighted by Crippen LogP contribution is 2.09. The molecular weight excluding hydrogens is 284 g/mol. The molecule has 0 aliphatic rings. The van der Waals surface area contributed by atoms with Crippen molar-refractivity contribution in [3.63, 3.8) is 0 Å². The number of carbonyl (C=O) groups is 3.